The van der Waals surface area contributed by atoms with Crippen LogP contribution in [-0.4, -0.2) is 48.7 Å². The van der Waals surface area contributed by atoms with E-state index in [2.05, 4.69) is 0 Å². The second-order valence-electron chi connectivity index (χ2n) is 3.37. The molecule has 0 aliphatic rings. The average Bonchev–Trinajstić information content (AvgIpc) is 2.69. The minimum Gasteiger partial charge on any atom is -0.395 e. The normalized spacial score (nSPS) is 14.2. The van der Waals surface area contributed by atoms with Crippen LogP contribution in [0.25, 0.3) is 0 Å². The molecule has 2 N–H and O–H groups in total. The standard InChI is InChI=1S/C9H15NO4S2/c1-8(12)7-10(4-5-11)16(13,14)9-3-2-6-15-9/h2-3,6,8,11-12H,4-5,7H2,1H3. The fraction of sp³-hybridized carbons (Fsp3) is 0.556. The van der Waals surface area contributed by atoms with Gasteiger partial charge < -0.3 is 10.2 Å². The molecule has 0 aromatic carbocycles. The Labute approximate surface area is 99.0 Å². The monoisotopic (exact) mass is 265 g/mol. The molecule has 0 bridgehead atoms. The van der Waals surface area contributed by atoms with E-state index in [1.54, 1.807) is 11.4 Å². The zero-order valence-corrected chi connectivity index (χ0v) is 10.5. The van der Waals surface area contributed by atoms with Crippen molar-refractivity contribution in [3.63, 3.8) is 0 Å². The highest BCUT2D eigenvalue weighted by Gasteiger charge is 2.25. The largest absolute Gasteiger partial charge is 0.395 e. The minimum atomic E-state index is -3.58. The minimum absolute atomic E-state index is 0.00880. The lowest BCUT2D eigenvalue weighted by Crippen LogP contribution is -2.38. The molecule has 1 aromatic rings. The Hall–Kier alpha value is -0.470. The van der Waals surface area contributed by atoms with Crippen molar-refractivity contribution < 1.29 is 18.6 Å². The van der Waals surface area contributed by atoms with Crippen molar-refractivity contribution in [2.45, 2.75) is 17.2 Å². The van der Waals surface area contributed by atoms with Crippen molar-refractivity contribution in [3.8, 4) is 0 Å². The molecular formula is C9H15NO4S2. The van der Waals surface area contributed by atoms with E-state index in [0.717, 1.165) is 15.6 Å². The number of rotatable bonds is 6. The topological polar surface area (TPSA) is 77.8 Å². The van der Waals surface area contributed by atoms with E-state index in [9.17, 15) is 13.5 Å². The van der Waals surface area contributed by atoms with Crippen LogP contribution in [-0.2, 0) is 10.0 Å². The molecule has 5 nitrogen and oxygen atoms in total. The highest BCUT2D eigenvalue weighted by atomic mass is 32.2. The molecule has 0 aliphatic carbocycles. The van der Waals surface area contributed by atoms with Crippen molar-refractivity contribution in [2.75, 3.05) is 19.7 Å². The third-order valence-corrected chi connectivity index (χ3v) is 5.14. The lowest BCUT2D eigenvalue weighted by atomic mass is 10.4. The smallest absolute Gasteiger partial charge is 0.252 e. The quantitative estimate of drug-likeness (QED) is 0.765. The summed E-state index contributed by atoms with van der Waals surface area (Å²) in [6, 6.07) is 3.16. The van der Waals surface area contributed by atoms with Gasteiger partial charge in [-0.2, -0.15) is 4.31 Å². The van der Waals surface area contributed by atoms with Gasteiger partial charge in [-0.3, -0.25) is 0 Å². The Morgan fingerprint density at radius 3 is 2.69 bits per heavy atom. The summed E-state index contributed by atoms with van der Waals surface area (Å²) in [7, 11) is -3.58. The highest BCUT2D eigenvalue weighted by molar-refractivity contribution is 7.91. The number of hydrogen-bond acceptors (Lipinski definition) is 5. The van der Waals surface area contributed by atoms with Crippen molar-refractivity contribution >= 4 is 21.4 Å². The van der Waals surface area contributed by atoms with Gasteiger partial charge >= 0.3 is 0 Å². The SMILES string of the molecule is CC(O)CN(CCO)S(=O)(=O)c1cccs1. The third kappa shape index (κ3) is 3.26. The summed E-state index contributed by atoms with van der Waals surface area (Å²) in [4.78, 5) is 0. The van der Waals surface area contributed by atoms with E-state index < -0.39 is 16.1 Å². The second-order valence-corrected chi connectivity index (χ2v) is 6.48. The molecule has 92 valence electrons. The van der Waals surface area contributed by atoms with Gasteiger partial charge in [0.1, 0.15) is 4.21 Å². The van der Waals surface area contributed by atoms with E-state index in [1.807, 2.05) is 0 Å². The Bertz CT molecular complexity index is 399. The van der Waals surface area contributed by atoms with Gasteiger partial charge in [0.2, 0.25) is 0 Å². The summed E-state index contributed by atoms with van der Waals surface area (Å²) < 4.78 is 25.4. The van der Waals surface area contributed by atoms with Gasteiger partial charge in [-0.1, -0.05) is 6.07 Å². The van der Waals surface area contributed by atoms with E-state index >= 15 is 0 Å². The fourth-order valence-corrected chi connectivity index (χ4v) is 3.91. The maximum Gasteiger partial charge on any atom is 0.252 e. The number of hydrogen-bond donors (Lipinski definition) is 2. The van der Waals surface area contributed by atoms with Gasteiger partial charge in [0.15, 0.2) is 0 Å². The van der Waals surface area contributed by atoms with Crippen LogP contribution < -0.4 is 0 Å². The van der Waals surface area contributed by atoms with Crippen molar-refractivity contribution in [2.24, 2.45) is 0 Å². The molecule has 0 fully saturated rings. The predicted octanol–water partition coefficient (Wildman–Crippen LogP) is 0.112. The fourth-order valence-electron chi connectivity index (χ4n) is 1.25. The summed E-state index contributed by atoms with van der Waals surface area (Å²) in [5.74, 6) is 0. The summed E-state index contributed by atoms with van der Waals surface area (Å²) >= 11 is 1.12. The first kappa shape index (κ1) is 13.6. The molecule has 0 spiro atoms. The van der Waals surface area contributed by atoms with Crippen LogP contribution in [0.1, 0.15) is 6.92 Å². The molecule has 0 aliphatic heterocycles. The van der Waals surface area contributed by atoms with Crippen LogP contribution in [0, 0.1) is 0 Å². The molecule has 0 saturated carbocycles. The Morgan fingerprint density at radius 1 is 1.56 bits per heavy atom. The summed E-state index contributed by atoms with van der Waals surface area (Å²) in [5.41, 5.74) is 0. The first-order valence-corrected chi connectivity index (χ1v) is 7.13. The maximum atomic E-state index is 12.0. The first-order chi connectivity index (χ1) is 7.48. The molecule has 1 heterocycles. The van der Waals surface area contributed by atoms with Crippen LogP contribution in [0.5, 0.6) is 0 Å². The summed E-state index contributed by atoms with van der Waals surface area (Å²) in [6.07, 6.45) is -0.763. The van der Waals surface area contributed by atoms with E-state index in [0.29, 0.717) is 0 Å². The third-order valence-electron chi connectivity index (χ3n) is 1.91. The summed E-state index contributed by atoms with van der Waals surface area (Å²) in [6.45, 7) is 1.22. The summed E-state index contributed by atoms with van der Waals surface area (Å²) in [5, 5.41) is 19.7. The van der Waals surface area contributed by atoms with Gasteiger partial charge in [0.25, 0.3) is 10.0 Å². The zero-order valence-electron chi connectivity index (χ0n) is 8.91. The molecule has 1 aromatic heterocycles. The molecule has 1 atom stereocenters. The molecule has 1 rings (SSSR count). The lowest BCUT2D eigenvalue weighted by molar-refractivity contribution is 0.152. The van der Waals surface area contributed by atoms with Crippen LogP contribution in [0.15, 0.2) is 21.7 Å². The number of aliphatic hydroxyl groups excluding tert-OH is 2. The molecule has 0 saturated heterocycles. The first-order valence-electron chi connectivity index (χ1n) is 4.81. The molecular weight excluding hydrogens is 250 g/mol. The predicted molar refractivity (Wildman–Crippen MR) is 61.8 cm³/mol. The second kappa shape index (κ2) is 5.74. The maximum absolute atomic E-state index is 12.0. The van der Waals surface area contributed by atoms with Gasteiger partial charge in [-0.15, -0.1) is 11.3 Å². The Morgan fingerprint density at radius 2 is 2.25 bits per heavy atom. The van der Waals surface area contributed by atoms with Gasteiger partial charge in [-0.05, 0) is 18.4 Å². The van der Waals surface area contributed by atoms with Crippen molar-refractivity contribution in [1.82, 2.24) is 4.31 Å². The van der Waals surface area contributed by atoms with Crippen LogP contribution in [0.2, 0.25) is 0 Å². The Balaban J connectivity index is 2.93. The molecule has 0 radical (unpaired) electrons. The van der Waals surface area contributed by atoms with Crippen LogP contribution in [0.4, 0.5) is 0 Å². The van der Waals surface area contributed by atoms with E-state index in [-0.39, 0.29) is 23.9 Å². The zero-order chi connectivity index (χ0) is 12.2. The van der Waals surface area contributed by atoms with Gasteiger partial charge in [-0.25, -0.2) is 8.42 Å². The van der Waals surface area contributed by atoms with E-state index in [1.165, 1.54) is 13.0 Å². The van der Waals surface area contributed by atoms with Gasteiger partial charge in [0.05, 0.1) is 12.7 Å². The number of thiophene rings is 1. The number of nitrogens with zero attached hydrogens (tertiary/aromatic N) is 1. The number of aliphatic hydroxyl groups is 2. The lowest BCUT2D eigenvalue weighted by Gasteiger charge is -2.21. The van der Waals surface area contributed by atoms with Crippen molar-refractivity contribution in [1.29, 1.82) is 0 Å². The molecule has 16 heavy (non-hydrogen) atoms. The van der Waals surface area contributed by atoms with Crippen LogP contribution in [0.3, 0.4) is 0 Å². The molecule has 1 unspecified atom stereocenters. The van der Waals surface area contributed by atoms with E-state index in [4.69, 9.17) is 5.11 Å². The number of sulfonamides is 1. The molecule has 0 amide bonds. The Kier molecular flexibility index (Phi) is 4.88. The average molecular weight is 265 g/mol. The molecule has 7 heteroatoms. The highest BCUT2D eigenvalue weighted by Crippen LogP contribution is 2.20. The van der Waals surface area contributed by atoms with Crippen molar-refractivity contribution in [3.05, 3.63) is 17.5 Å². The van der Waals surface area contributed by atoms with Crippen LogP contribution >= 0.6 is 11.3 Å². The van der Waals surface area contributed by atoms with Gasteiger partial charge in [0, 0.05) is 13.1 Å².